The molecule has 0 fully saturated rings. The molecule has 0 heterocycles. The Labute approximate surface area is 131 Å². The molecule has 1 nitrogen and oxygen atoms in total. The van der Waals surface area contributed by atoms with Crippen LogP contribution in [-0.4, -0.2) is 5.78 Å². The van der Waals surface area contributed by atoms with Crippen LogP contribution in [-0.2, 0) is 19.3 Å². The maximum absolute atomic E-state index is 13.0. The Kier molecular flexibility index (Phi) is 7.71. The van der Waals surface area contributed by atoms with Gasteiger partial charge in [-0.05, 0) is 48.8 Å². The number of carbonyl (C=O) groups is 1. The zero-order valence-corrected chi connectivity index (χ0v) is 14.6. The molecule has 0 amide bonds. The van der Waals surface area contributed by atoms with Gasteiger partial charge >= 0.3 is 0 Å². The fourth-order valence-corrected chi connectivity index (χ4v) is 3.09. The number of hydrogen-bond acceptors (Lipinski definition) is 1. The van der Waals surface area contributed by atoms with Gasteiger partial charge in [-0.2, -0.15) is 0 Å². The quantitative estimate of drug-likeness (QED) is 0.527. The van der Waals surface area contributed by atoms with Crippen LogP contribution in [0.5, 0.6) is 0 Å². The molecule has 0 aliphatic carbocycles. The molecule has 0 bridgehead atoms. The number of benzene rings is 1. The molecule has 1 unspecified atom stereocenters. The molecule has 0 saturated carbocycles. The van der Waals surface area contributed by atoms with Gasteiger partial charge in [-0.3, -0.25) is 4.79 Å². The molecule has 0 aliphatic heterocycles. The lowest BCUT2D eigenvalue weighted by Gasteiger charge is -2.19. The van der Waals surface area contributed by atoms with Gasteiger partial charge in [0.2, 0.25) is 0 Å². The van der Waals surface area contributed by atoms with Crippen LogP contribution in [0.4, 0.5) is 0 Å². The molecule has 21 heavy (non-hydrogen) atoms. The van der Waals surface area contributed by atoms with Crippen molar-refractivity contribution in [3.05, 3.63) is 34.4 Å². The second-order valence-corrected chi connectivity index (χ2v) is 5.96. The van der Waals surface area contributed by atoms with Crippen LogP contribution >= 0.6 is 0 Å². The average molecular weight is 288 g/mol. The summed E-state index contributed by atoms with van der Waals surface area (Å²) in [7, 11) is 0. The number of hydrogen-bond donors (Lipinski definition) is 0. The molecule has 0 saturated heterocycles. The summed E-state index contributed by atoms with van der Waals surface area (Å²) in [5.41, 5.74) is 4.92. The van der Waals surface area contributed by atoms with Gasteiger partial charge in [-0.1, -0.05) is 59.6 Å². The molecule has 1 aromatic carbocycles. The van der Waals surface area contributed by atoms with Crippen LogP contribution in [0.15, 0.2) is 12.1 Å². The van der Waals surface area contributed by atoms with Crippen molar-refractivity contribution in [1.82, 2.24) is 0 Å². The second kappa shape index (κ2) is 9.02. The van der Waals surface area contributed by atoms with Gasteiger partial charge < -0.3 is 0 Å². The van der Waals surface area contributed by atoms with E-state index in [0.29, 0.717) is 5.78 Å². The summed E-state index contributed by atoms with van der Waals surface area (Å²) < 4.78 is 0. The van der Waals surface area contributed by atoms with Crippen molar-refractivity contribution in [3.8, 4) is 0 Å². The lowest BCUT2D eigenvalue weighted by Crippen LogP contribution is -2.18. The summed E-state index contributed by atoms with van der Waals surface area (Å²) in [6, 6.07) is 4.50. The highest BCUT2D eigenvalue weighted by Crippen LogP contribution is 2.26. The number of Topliss-reactive ketones (excluding diaryl/α,β-unsaturated/α-hetero) is 1. The minimum absolute atomic E-state index is 0.202. The molecule has 0 aromatic heterocycles. The Bertz CT molecular complexity index is 434. The first kappa shape index (κ1) is 17.9. The average Bonchev–Trinajstić information content (AvgIpc) is 2.53. The third kappa shape index (κ3) is 4.43. The van der Waals surface area contributed by atoms with Gasteiger partial charge in [0.1, 0.15) is 0 Å². The van der Waals surface area contributed by atoms with E-state index in [0.717, 1.165) is 44.1 Å². The maximum atomic E-state index is 13.0. The summed E-state index contributed by atoms with van der Waals surface area (Å²) in [5, 5.41) is 0. The molecule has 1 atom stereocenters. The molecule has 118 valence electrons. The van der Waals surface area contributed by atoms with Crippen LogP contribution in [0.3, 0.4) is 0 Å². The Morgan fingerprint density at radius 2 is 1.52 bits per heavy atom. The number of rotatable bonds is 9. The molecule has 0 N–H and O–H groups in total. The van der Waals surface area contributed by atoms with Crippen molar-refractivity contribution in [1.29, 1.82) is 0 Å². The van der Waals surface area contributed by atoms with Crippen molar-refractivity contribution in [2.75, 3.05) is 0 Å². The highest BCUT2D eigenvalue weighted by atomic mass is 16.1. The molecule has 1 heteroatoms. The summed E-state index contributed by atoms with van der Waals surface area (Å²) in [6.45, 7) is 10.9. The maximum Gasteiger partial charge on any atom is 0.166 e. The SMILES string of the molecule is CCCCC(CC)C(=O)c1c(CC)cc(CC)cc1CC. The molecule has 1 aromatic rings. The first-order valence-electron chi connectivity index (χ1n) is 8.81. The minimum Gasteiger partial charge on any atom is -0.294 e. The van der Waals surface area contributed by atoms with E-state index >= 15 is 0 Å². The monoisotopic (exact) mass is 288 g/mol. The van der Waals surface area contributed by atoms with E-state index in [1.807, 2.05) is 0 Å². The predicted octanol–water partition coefficient (Wildman–Crippen LogP) is 5.77. The van der Waals surface area contributed by atoms with E-state index in [9.17, 15) is 4.79 Å². The highest BCUT2D eigenvalue weighted by Gasteiger charge is 2.22. The van der Waals surface area contributed by atoms with Gasteiger partial charge in [-0.25, -0.2) is 0 Å². The predicted molar refractivity (Wildman–Crippen MR) is 92.2 cm³/mol. The highest BCUT2D eigenvalue weighted by molar-refractivity contribution is 6.00. The standard InChI is InChI=1S/C20H32O/c1-6-11-12-16(8-3)20(21)19-17(9-4)13-15(7-2)14-18(19)10-5/h13-14,16H,6-12H2,1-5H3. The number of aryl methyl sites for hydroxylation is 3. The van der Waals surface area contributed by atoms with E-state index in [2.05, 4.69) is 46.8 Å². The minimum atomic E-state index is 0.202. The number of ketones is 1. The fourth-order valence-electron chi connectivity index (χ4n) is 3.09. The molecular weight excluding hydrogens is 256 g/mol. The second-order valence-electron chi connectivity index (χ2n) is 5.96. The van der Waals surface area contributed by atoms with E-state index in [4.69, 9.17) is 0 Å². The van der Waals surface area contributed by atoms with E-state index in [1.165, 1.54) is 23.1 Å². The Hall–Kier alpha value is -1.11. The summed E-state index contributed by atoms with van der Waals surface area (Å²) in [4.78, 5) is 13.0. The van der Waals surface area contributed by atoms with Crippen LogP contribution in [0.1, 0.15) is 87.4 Å². The smallest absolute Gasteiger partial charge is 0.166 e. The van der Waals surface area contributed by atoms with Crippen LogP contribution in [0, 0.1) is 5.92 Å². The topological polar surface area (TPSA) is 17.1 Å². The number of unbranched alkanes of at least 4 members (excludes halogenated alkanes) is 1. The van der Waals surface area contributed by atoms with Crippen molar-refractivity contribution >= 4 is 5.78 Å². The zero-order chi connectivity index (χ0) is 15.8. The van der Waals surface area contributed by atoms with Crippen molar-refractivity contribution in [2.45, 2.75) is 79.6 Å². The van der Waals surface area contributed by atoms with Crippen LogP contribution in [0.25, 0.3) is 0 Å². The first-order valence-corrected chi connectivity index (χ1v) is 8.81. The van der Waals surface area contributed by atoms with E-state index in [-0.39, 0.29) is 5.92 Å². The van der Waals surface area contributed by atoms with E-state index in [1.54, 1.807) is 0 Å². The first-order chi connectivity index (χ1) is 10.1. The largest absolute Gasteiger partial charge is 0.294 e. The van der Waals surface area contributed by atoms with Crippen molar-refractivity contribution < 1.29 is 4.79 Å². The molecule has 0 radical (unpaired) electrons. The normalized spacial score (nSPS) is 12.4. The van der Waals surface area contributed by atoms with Crippen LogP contribution in [0.2, 0.25) is 0 Å². The molecule has 0 aliphatic rings. The molecule has 0 spiro atoms. The third-order valence-electron chi connectivity index (χ3n) is 4.55. The van der Waals surface area contributed by atoms with Gasteiger partial charge in [0.15, 0.2) is 5.78 Å². The Morgan fingerprint density at radius 3 is 1.90 bits per heavy atom. The van der Waals surface area contributed by atoms with Crippen molar-refractivity contribution in [2.24, 2.45) is 5.92 Å². The summed E-state index contributed by atoms with van der Waals surface area (Å²) in [6.07, 6.45) is 7.26. The van der Waals surface area contributed by atoms with Gasteiger partial charge in [0, 0.05) is 11.5 Å². The van der Waals surface area contributed by atoms with Gasteiger partial charge in [0.25, 0.3) is 0 Å². The van der Waals surface area contributed by atoms with Crippen LogP contribution < -0.4 is 0 Å². The Morgan fingerprint density at radius 1 is 0.952 bits per heavy atom. The van der Waals surface area contributed by atoms with Crippen molar-refractivity contribution in [3.63, 3.8) is 0 Å². The molecular formula is C20H32O. The third-order valence-corrected chi connectivity index (χ3v) is 4.55. The lowest BCUT2D eigenvalue weighted by atomic mass is 9.84. The fraction of sp³-hybridized carbons (Fsp3) is 0.650. The summed E-state index contributed by atoms with van der Waals surface area (Å²) in [5.74, 6) is 0.593. The zero-order valence-electron chi connectivity index (χ0n) is 14.6. The van der Waals surface area contributed by atoms with Gasteiger partial charge in [-0.15, -0.1) is 0 Å². The van der Waals surface area contributed by atoms with Gasteiger partial charge in [0.05, 0.1) is 0 Å². The summed E-state index contributed by atoms with van der Waals surface area (Å²) >= 11 is 0. The molecule has 1 rings (SSSR count). The number of carbonyl (C=O) groups excluding carboxylic acids is 1. The lowest BCUT2D eigenvalue weighted by molar-refractivity contribution is 0.0906. The van der Waals surface area contributed by atoms with E-state index < -0.39 is 0 Å². The Balaban J connectivity index is 3.22.